The maximum Gasteiger partial charge on any atom is 0.344 e. The predicted octanol–water partition coefficient (Wildman–Crippen LogP) is 4.83. The Bertz CT molecular complexity index is 1230. The minimum absolute atomic E-state index is 0.0696. The highest BCUT2D eigenvalue weighted by Crippen LogP contribution is 2.31. The lowest BCUT2D eigenvalue weighted by Gasteiger charge is -2.12. The van der Waals surface area contributed by atoms with E-state index in [1.54, 1.807) is 27.7 Å². The van der Waals surface area contributed by atoms with Gasteiger partial charge in [0.1, 0.15) is 27.7 Å². The molecule has 0 aliphatic heterocycles. The molecule has 0 aliphatic rings. The van der Waals surface area contributed by atoms with Crippen LogP contribution >= 0.6 is 11.8 Å². The number of carbonyl (C=O) groups excluding carboxylic acids is 3. The number of furan rings is 1. The van der Waals surface area contributed by atoms with Gasteiger partial charge >= 0.3 is 11.9 Å². The number of amides is 1. The largest absolute Gasteiger partial charge is 0.462 e. The van der Waals surface area contributed by atoms with Crippen molar-refractivity contribution in [3.8, 4) is 11.3 Å². The zero-order chi connectivity index (χ0) is 25.5. The quantitative estimate of drug-likeness (QED) is 0.252. The highest BCUT2D eigenvalue weighted by Gasteiger charge is 2.32. The van der Waals surface area contributed by atoms with Gasteiger partial charge in [-0.1, -0.05) is 42.1 Å². The number of benzene rings is 1. The molecule has 0 fully saturated rings. The number of esters is 2. The van der Waals surface area contributed by atoms with Crippen molar-refractivity contribution in [1.82, 2.24) is 9.97 Å². The first kappa shape index (κ1) is 26.0. The molecule has 10 heteroatoms. The molecule has 35 heavy (non-hydrogen) atoms. The second-order valence-electron chi connectivity index (χ2n) is 7.43. The molecular formula is C25H27N3O6S. The van der Waals surface area contributed by atoms with Crippen LogP contribution in [0.3, 0.4) is 0 Å². The number of aromatic nitrogens is 2. The SMILES string of the molecule is CCOC(=O)c1c(C)oc(NC(=O)C(C)Sc2cc(-c3ccccc3)nc(C)n2)c1C(=O)OCC. The Morgan fingerprint density at radius 1 is 1.00 bits per heavy atom. The van der Waals surface area contributed by atoms with Crippen LogP contribution in [0.1, 0.15) is 53.1 Å². The Hall–Kier alpha value is -3.66. The first-order valence-electron chi connectivity index (χ1n) is 11.1. The summed E-state index contributed by atoms with van der Waals surface area (Å²) in [6.07, 6.45) is 0. The number of hydrogen-bond donors (Lipinski definition) is 1. The number of nitrogens with one attached hydrogen (secondary N) is 1. The zero-order valence-electron chi connectivity index (χ0n) is 20.2. The van der Waals surface area contributed by atoms with E-state index in [1.165, 1.54) is 18.7 Å². The molecule has 0 bridgehead atoms. The third-order valence-corrected chi connectivity index (χ3v) is 5.85. The Balaban J connectivity index is 1.84. The minimum atomic E-state index is -0.790. The Kier molecular flexibility index (Phi) is 8.64. The summed E-state index contributed by atoms with van der Waals surface area (Å²) in [5, 5.41) is 2.62. The summed E-state index contributed by atoms with van der Waals surface area (Å²) in [6.45, 7) is 8.49. The van der Waals surface area contributed by atoms with Gasteiger partial charge < -0.3 is 13.9 Å². The van der Waals surface area contributed by atoms with Crippen LogP contribution in [0, 0.1) is 13.8 Å². The third-order valence-electron chi connectivity index (χ3n) is 4.83. The second-order valence-corrected chi connectivity index (χ2v) is 8.79. The molecule has 0 aliphatic carbocycles. The number of rotatable bonds is 9. The molecule has 1 N–H and O–H groups in total. The van der Waals surface area contributed by atoms with Crippen molar-refractivity contribution >= 4 is 35.5 Å². The van der Waals surface area contributed by atoms with Crippen LogP contribution in [-0.4, -0.2) is 46.3 Å². The summed E-state index contributed by atoms with van der Waals surface area (Å²) >= 11 is 1.23. The number of thioether (sulfide) groups is 1. The van der Waals surface area contributed by atoms with E-state index in [0.29, 0.717) is 10.9 Å². The molecule has 0 spiro atoms. The smallest absolute Gasteiger partial charge is 0.344 e. The van der Waals surface area contributed by atoms with Crippen molar-refractivity contribution in [2.24, 2.45) is 0 Å². The highest BCUT2D eigenvalue weighted by molar-refractivity contribution is 8.00. The van der Waals surface area contributed by atoms with Crippen LogP contribution in [0.15, 0.2) is 45.8 Å². The Labute approximate surface area is 207 Å². The summed E-state index contributed by atoms with van der Waals surface area (Å²) in [5.74, 6) is -1.41. The monoisotopic (exact) mass is 497 g/mol. The van der Waals surface area contributed by atoms with E-state index in [9.17, 15) is 14.4 Å². The molecular weight excluding hydrogens is 470 g/mol. The first-order valence-corrected chi connectivity index (χ1v) is 12.0. The number of hydrogen-bond acceptors (Lipinski definition) is 9. The van der Waals surface area contributed by atoms with Crippen molar-refractivity contribution in [2.45, 2.75) is 44.9 Å². The average molecular weight is 498 g/mol. The van der Waals surface area contributed by atoms with Crippen LogP contribution < -0.4 is 5.32 Å². The second kappa shape index (κ2) is 11.7. The fourth-order valence-corrected chi connectivity index (χ4v) is 4.18. The molecule has 0 radical (unpaired) electrons. The van der Waals surface area contributed by atoms with Gasteiger partial charge in [-0.15, -0.1) is 0 Å². The number of anilines is 1. The van der Waals surface area contributed by atoms with Crippen molar-refractivity contribution in [3.05, 3.63) is 59.1 Å². The van der Waals surface area contributed by atoms with Gasteiger partial charge in [0.05, 0.1) is 24.2 Å². The van der Waals surface area contributed by atoms with E-state index in [0.717, 1.165) is 11.3 Å². The molecule has 3 aromatic rings. The lowest BCUT2D eigenvalue weighted by molar-refractivity contribution is -0.115. The van der Waals surface area contributed by atoms with Crippen LogP contribution in [0.25, 0.3) is 11.3 Å². The molecule has 1 amide bonds. The lowest BCUT2D eigenvalue weighted by Crippen LogP contribution is -2.24. The number of carbonyl (C=O) groups is 3. The summed E-state index contributed by atoms with van der Waals surface area (Å²) in [4.78, 5) is 46.9. The van der Waals surface area contributed by atoms with E-state index in [4.69, 9.17) is 13.9 Å². The van der Waals surface area contributed by atoms with E-state index in [-0.39, 0.29) is 36.0 Å². The topological polar surface area (TPSA) is 121 Å². The maximum absolute atomic E-state index is 13.0. The summed E-state index contributed by atoms with van der Waals surface area (Å²) in [7, 11) is 0. The molecule has 1 unspecified atom stereocenters. The fourth-order valence-electron chi connectivity index (χ4n) is 3.29. The number of aryl methyl sites for hydroxylation is 2. The van der Waals surface area contributed by atoms with Gasteiger partial charge in [0, 0.05) is 5.56 Å². The van der Waals surface area contributed by atoms with Gasteiger partial charge in [0.2, 0.25) is 11.8 Å². The van der Waals surface area contributed by atoms with Crippen molar-refractivity contribution in [3.63, 3.8) is 0 Å². The van der Waals surface area contributed by atoms with E-state index < -0.39 is 23.1 Å². The third kappa shape index (κ3) is 6.27. The standard InChI is InChI=1S/C25H27N3O6S/c1-6-32-24(30)20-14(3)34-23(21(20)25(31)33-7-2)28-22(29)15(4)35-19-13-18(26-16(5)27-19)17-11-9-8-10-12-17/h8-13,15H,6-7H2,1-5H3,(H,28,29). The summed E-state index contributed by atoms with van der Waals surface area (Å²) < 4.78 is 15.7. The Morgan fingerprint density at radius 3 is 2.26 bits per heavy atom. The normalized spacial score (nSPS) is 11.6. The maximum atomic E-state index is 13.0. The van der Waals surface area contributed by atoms with Gasteiger partial charge in [-0.05, 0) is 40.7 Å². The molecule has 1 aromatic carbocycles. The van der Waals surface area contributed by atoms with Crippen LogP contribution in [0.2, 0.25) is 0 Å². The first-order chi connectivity index (χ1) is 16.7. The van der Waals surface area contributed by atoms with Gasteiger partial charge in [0.25, 0.3) is 0 Å². The average Bonchev–Trinajstić information content (AvgIpc) is 3.15. The van der Waals surface area contributed by atoms with Gasteiger partial charge in [0.15, 0.2) is 0 Å². The molecule has 2 heterocycles. The molecule has 1 atom stereocenters. The molecule has 3 rings (SSSR count). The van der Waals surface area contributed by atoms with Crippen molar-refractivity contribution in [1.29, 1.82) is 0 Å². The van der Waals surface area contributed by atoms with Crippen LogP contribution in [0.5, 0.6) is 0 Å². The van der Waals surface area contributed by atoms with Gasteiger partial charge in [-0.3, -0.25) is 10.1 Å². The van der Waals surface area contributed by atoms with Gasteiger partial charge in [-0.2, -0.15) is 0 Å². The predicted molar refractivity (Wildman–Crippen MR) is 132 cm³/mol. The van der Waals surface area contributed by atoms with Crippen molar-refractivity contribution in [2.75, 3.05) is 18.5 Å². The van der Waals surface area contributed by atoms with E-state index in [1.807, 2.05) is 36.4 Å². The molecule has 0 saturated heterocycles. The summed E-state index contributed by atoms with van der Waals surface area (Å²) in [6, 6.07) is 11.5. The van der Waals surface area contributed by atoms with Crippen LogP contribution in [0.4, 0.5) is 5.88 Å². The van der Waals surface area contributed by atoms with Crippen molar-refractivity contribution < 1.29 is 28.3 Å². The summed E-state index contributed by atoms with van der Waals surface area (Å²) in [5.41, 5.74) is 1.45. The van der Waals surface area contributed by atoms with Crippen LogP contribution in [-0.2, 0) is 14.3 Å². The van der Waals surface area contributed by atoms with E-state index in [2.05, 4.69) is 15.3 Å². The van der Waals surface area contributed by atoms with E-state index >= 15 is 0 Å². The zero-order valence-corrected chi connectivity index (χ0v) is 21.0. The molecule has 9 nitrogen and oxygen atoms in total. The molecule has 0 saturated carbocycles. The lowest BCUT2D eigenvalue weighted by atomic mass is 10.1. The molecule has 184 valence electrons. The number of ether oxygens (including phenoxy) is 2. The van der Waals surface area contributed by atoms with Gasteiger partial charge in [-0.25, -0.2) is 19.6 Å². The molecule has 2 aromatic heterocycles. The Morgan fingerprint density at radius 2 is 1.63 bits per heavy atom. The number of nitrogens with zero attached hydrogens (tertiary/aromatic N) is 2. The highest BCUT2D eigenvalue weighted by atomic mass is 32.2. The fraction of sp³-hybridized carbons (Fsp3) is 0.320. The minimum Gasteiger partial charge on any atom is -0.462 e.